The van der Waals surface area contributed by atoms with Gasteiger partial charge in [-0.15, -0.1) is 0 Å². The maximum atomic E-state index is 9.47. The molecule has 0 aromatic carbocycles. The molecule has 0 spiro atoms. The second-order valence-electron chi connectivity index (χ2n) is 4.22. The Hall–Kier alpha value is -0.900. The number of hydrogen-bond donors (Lipinski definition) is 2. The molecule has 1 heterocycles. The summed E-state index contributed by atoms with van der Waals surface area (Å²) < 4.78 is 0. The fourth-order valence-electron chi connectivity index (χ4n) is 0.952. The third-order valence-electron chi connectivity index (χ3n) is 1.88. The maximum Gasteiger partial charge on any atom is 0.156 e. The van der Waals surface area contributed by atoms with Gasteiger partial charge in [-0.25, -0.2) is 4.98 Å². The lowest BCUT2D eigenvalue weighted by Crippen LogP contribution is -2.13. The lowest BCUT2D eigenvalue weighted by molar-refractivity contribution is 0.164. The van der Waals surface area contributed by atoms with E-state index >= 15 is 0 Å². The van der Waals surface area contributed by atoms with E-state index in [0.717, 1.165) is 5.82 Å². The molecule has 0 bridgehead atoms. The molecule has 0 amide bonds. The van der Waals surface area contributed by atoms with Crippen LogP contribution < -0.4 is 0 Å². The van der Waals surface area contributed by atoms with Gasteiger partial charge in [0.25, 0.3) is 0 Å². The lowest BCUT2D eigenvalue weighted by atomic mass is 9.96. The lowest BCUT2D eigenvalue weighted by Gasteiger charge is -2.12. The molecule has 1 rings (SSSR count). The number of H-pyrrole nitrogens is 1. The van der Waals surface area contributed by atoms with Gasteiger partial charge in [-0.3, -0.25) is 5.10 Å². The highest BCUT2D eigenvalue weighted by atomic mass is 16.3. The number of hydrogen-bond acceptors (Lipinski definition) is 3. The molecule has 13 heavy (non-hydrogen) atoms. The molecule has 4 heteroatoms. The Morgan fingerprint density at radius 1 is 1.46 bits per heavy atom. The van der Waals surface area contributed by atoms with Crippen molar-refractivity contribution in [2.45, 2.75) is 45.6 Å². The van der Waals surface area contributed by atoms with Crippen LogP contribution in [0.15, 0.2) is 0 Å². The van der Waals surface area contributed by atoms with Crippen molar-refractivity contribution in [1.82, 2.24) is 15.2 Å². The normalized spacial score (nSPS) is 14.5. The van der Waals surface area contributed by atoms with E-state index in [9.17, 15) is 5.11 Å². The summed E-state index contributed by atoms with van der Waals surface area (Å²) in [6.07, 6.45) is 0.127. The van der Waals surface area contributed by atoms with E-state index in [2.05, 4.69) is 15.2 Å². The zero-order valence-electron chi connectivity index (χ0n) is 8.63. The third kappa shape index (κ3) is 2.28. The Balaban J connectivity index is 2.87. The summed E-state index contributed by atoms with van der Waals surface area (Å²) >= 11 is 0. The summed E-state index contributed by atoms with van der Waals surface area (Å²) in [5.74, 6) is 1.31. The van der Waals surface area contributed by atoms with Gasteiger partial charge in [-0.1, -0.05) is 27.7 Å². The number of rotatable bonds is 2. The first-order valence-corrected chi connectivity index (χ1v) is 4.56. The minimum absolute atomic E-state index is 0.0673. The van der Waals surface area contributed by atoms with Crippen molar-refractivity contribution in [2.75, 3.05) is 0 Å². The highest BCUT2D eigenvalue weighted by molar-refractivity contribution is 5.03. The molecule has 74 valence electrons. The van der Waals surface area contributed by atoms with E-state index in [1.54, 1.807) is 0 Å². The molecule has 0 aliphatic rings. The van der Waals surface area contributed by atoms with Gasteiger partial charge in [0, 0.05) is 5.41 Å². The Morgan fingerprint density at radius 3 is 2.46 bits per heavy atom. The number of aliphatic hydroxyl groups is 1. The summed E-state index contributed by atoms with van der Waals surface area (Å²) in [5.41, 5.74) is -0.0673. The standard InChI is InChI=1S/C9H17N3O/c1-5-6(13)7-10-8(12-11-7)9(2,3)4/h6,13H,5H2,1-4H3,(H,10,11,12). The number of nitrogens with one attached hydrogen (secondary N) is 1. The van der Waals surface area contributed by atoms with E-state index in [0.29, 0.717) is 12.2 Å². The summed E-state index contributed by atoms with van der Waals surface area (Å²) in [6, 6.07) is 0. The predicted molar refractivity (Wildman–Crippen MR) is 50.3 cm³/mol. The van der Waals surface area contributed by atoms with Gasteiger partial charge in [0.15, 0.2) is 11.6 Å². The zero-order valence-corrected chi connectivity index (χ0v) is 8.63. The van der Waals surface area contributed by atoms with E-state index in [1.807, 2.05) is 27.7 Å². The SMILES string of the molecule is CCC(O)c1nc(C(C)(C)C)n[nH]1. The summed E-state index contributed by atoms with van der Waals surface area (Å²) in [4.78, 5) is 4.24. The van der Waals surface area contributed by atoms with Crippen LogP contribution in [0.1, 0.15) is 51.9 Å². The maximum absolute atomic E-state index is 9.47. The van der Waals surface area contributed by atoms with Crippen molar-refractivity contribution in [3.05, 3.63) is 11.6 Å². The molecule has 0 fully saturated rings. The van der Waals surface area contributed by atoms with E-state index in [4.69, 9.17) is 0 Å². The molecular weight excluding hydrogens is 166 g/mol. The van der Waals surface area contributed by atoms with Crippen LogP contribution in [-0.2, 0) is 5.41 Å². The summed E-state index contributed by atoms with van der Waals surface area (Å²) in [7, 11) is 0. The van der Waals surface area contributed by atoms with Gasteiger partial charge in [0.1, 0.15) is 6.10 Å². The van der Waals surface area contributed by atoms with Gasteiger partial charge in [-0.2, -0.15) is 5.10 Å². The molecule has 4 nitrogen and oxygen atoms in total. The van der Waals surface area contributed by atoms with E-state index in [1.165, 1.54) is 0 Å². The average Bonchev–Trinajstić information content (AvgIpc) is 2.50. The molecule has 0 aliphatic carbocycles. The number of aliphatic hydroxyl groups excluding tert-OH is 1. The van der Waals surface area contributed by atoms with Crippen LogP contribution in [0.4, 0.5) is 0 Å². The number of aromatic nitrogens is 3. The van der Waals surface area contributed by atoms with Crippen LogP contribution in [0.25, 0.3) is 0 Å². The van der Waals surface area contributed by atoms with Gasteiger partial charge in [0.05, 0.1) is 0 Å². The zero-order chi connectivity index (χ0) is 10.1. The Labute approximate surface area is 78.4 Å². The van der Waals surface area contributed by atoms with Crippen LogP contribution >= 0.6 is 0 Å². The highest BCUT2D eigenvalue weighted by Gasteiger charge is 2.20. The minimum Gasteiger partial charge on any atom is -0.385 e. The molecule has 1 aromatic heterocycles. The van der Waals surface area contributed by atoms with Gasteiger partial charge in [0.2, 0.25) is 0 Å². The predicted octanol–water partition coefficient (Wildman–Crippen LogP) is 1.55. The van der Waals surface area contributed by atoms with Crippen molar-refractivity contribution in [3.8, 4) is 0 Å². The van der Waals surface area contributed by atoms with Crippen molar-refractivity contribution in [2.24, 2.45) is 0 Å². The summed E-state index contributed by atoms with van der Waals surface area (Å²) in [5, 5.41) is 16.3. The third-order valence-corrected chi connectivity index (χ3v) is 1.88. The molecule has 1 aromatic rings. The summed E-state index contributed by atoms with van der Waals surface area (Å²) in [6.45, 7) is 8.03. The largest absolute Gasteiger partial charge is 0.385 e. The monoisotopic (exact) mass is 183 g/mol. The second-order valence-corrected chi connectivity index (χ2v) is 4.22. The molecule has 0 aliphatic heterocycles. The van der Waals surface area contributed by atoms with Crippen molar-refractivity contribution >= 4 is 0 Å². The quantitative estimate of drug-likeness (QED) is 0.731. The van der Waals surface area contributed by atoms with Crippen LogP contribution in [0.3, 0.4) is 0 Å². The molecular formula is C9H17N3O. The molecule has 1 atom stereocenters. The van der Waals surface area contributed by atoms with Crippen LogP contribution in [-0.4, -0.2) is 20.3 Å². The Morgan fingerprint density at radius 2 is 2.08 bits per heavy atom. The molecule has 1 unspecified atom stereocenters. The number of aromatic amines is 1. The van der Waals surface area contributed by atoms with Gasteiger partial charge >= 0.3 is 0 Å². The topological polar surface area (TPSA) is 61.8 Å². The smallest absolute Gasteiger partial charge is 0.156 e. The van der Waals surface area contributed by atoms with E-state index in [-0.39, 0.29) is 5.41 Å². The first-order chi connectivity index (χ1) is 5.95. The molecule has 0 radical (unpaired) electrons. The van der Waals surface area contributed by atoms with Crippen molar-refractivity contribution in [3.63, 3.8) is 0 Å². The number of nitrogens with zero attached hydrogens (tertiary/aromatic N) is 2. The molecule has 0 saturated carbocycles. The van der Waals surface area contributed by atoms with Crippen LogP contribution in [0.5, 0.6) is 0 Å². The highest BCUT2D eigenvalue weighted by Crippen LogP contribution is 2.19. The molecule has 0 saturated heterocycles. The van der Waals surface area contributed by atoms with Crippen LogP contribution in [0.2, 0.25) is 0 Å². The molecule has 2 N–H and O–H groups in total. The fourth-order valence-corrected chi connectivity index (χ4v) is 0.952. The van der Waals surface area contributed by atoms with E-state index < -0.39 is 6.10 Å². The van der Waals surface area contributed by atoms with Crippen molar-refractivity contribution < 1.29 is 5.11 Å². The fraction of sp³-hybridized carbons (Fsp3) is 0.778. The van der Waals surface area contributed by atoms with Gasteiger partial charge in [-0.05, 0) is 6.42 Å². The average molecular weight is 183 g/mol. The Bertz CT molecular complexity index is 275. The first-order valence-electron chi connectivity index (χ1n) is 4.56. The second kappa shape index (κ2) is 3.46. The first kappa shape index (κ1) is 10.2. The van der Waals surface area contributed by atoms with Crippen molar-refractivity contribution in [1.29, 1.82) is 0 Å². The van der Waals surface area contributed by atoms with Gasteiger partial charge < -0.3 is 5.11 Å². The van der Waals surface area contributed by atoms with Crippen LogP contribution in [0, 0.1) is 0 Å². The Kier molecular flexibility index (Phi) is 2.71. The minimum atomic E-state index is -0.524.